The number of ether oxygens (including phenoxy) is 1. The number of amides is 2. The summed E-state index contributed by atoms with van der Waals surface area (Å²) in [5.41, 5.74) is 1.92. The lowest BCUT2D eigenvalue weighted by Gasteiger charge is -2.46. The van der Waals surface area contributed by atoms with Crippen molar-refractivity contribution in [2.45, 2.75) is 19.0 Å². The molecule has 2 aliphatic rings. The van der Waals surface area contributed by atoms with E-state index < -0.39 is 0 Å². The Hall–Kier alpha value is -2.38. The minimum atomic E-state index is -0.264. The maximum absolute atomic E-state index is 12.3. The number of nitrogens with zero attached hydrogens (tertiary/aromatic N) is 2. The van der Waals surface area contributed by atoms with E-state index in [4.69, 9.17) is 4.74 Å². The fraction of sp³-hybridized carbons (Fsp3) is 0.400. The number of hydrogen-bond donors (Lipinski definition) is 1. The van der Waals surface area contributed by atoms with Crippen LogP contribution in [0.1, 0.15) is 20.8 Å². The van der Waals surface area contributed by atoms with E-state index in [0.717, 1.165) is 32.6 Å². The van der Waals surface area contributed by atoms with Crippen LogP contribution in [0.3, 0.4) is 0 Å². The molecule has 0 aliphatic carbocycles. The van der Waals surface area contributed by atoms with Gasteiger partial charge in [-0.2, -0.15) is 0 Å². The second-order valence-corrected chi connectivity index (χ2v) is 7.96. The summed E-state index contributed by atoms with van der Waals surface area (Å²) in [4.78, 5) is 30.3. The minimum absolute atomic E-state index is 0.0252. The molecule has 0 radical (unpaired) electrons. The summed E-state index contributed by atoms with van der Waals surface area (Å²) in [7, 11) is 1.56. The van der Waals surface area contributed by atoms with Gasteiger partial charge in [0.05, 0.1) is 13.7 Å². The fourth-order valence-corrected chi connectivity index (χ4v) is 4.50. The molecule has 2 aliphatic heterocycles. The Balaban J connectivity index is 1.23. The molecule has 1 aromatic heterocycles. The van der Waals surface area contributed by atoms with Gasteiger partial charge in [-0.3, -0.25) is 14.5 Å². The molecule has 1 N–H and O–H groups in total. The van der Waals surface area contributed by atoms with Crippen molar-refractivity contribution in [1.29, 1.82) is 0 Å². The molecule has 3 heterocycles. The lowest BCUT2D eigenvalue weighted by Crippen LogP contribution is -2.62. The smallest absolute Gasteiger partial charge is 0.251 e. The standard InChI is InChI=1S/C20H23N3O3S/c1-26-17-4-2-3-14(9-17)20(25)21-10-19(24)23-12-16(13-23)22-7-5-18-15(11-22)6-8-27-18/h2-4,6,8-9,16H,5,7,10-13H2,1H3,(H,21,25). The molecule has 2 aromatic rings. The summed E-state index contributed by atoms with van der Waals surface area (Å²) in [6.07, 6.45) is 1.11. The highest BCUT2D eigenvalue weighted by atomic mass is 32.1. The van der Waals surface area contributed by atoms with E-state index in [9.17, 15) is 9.59 Å². The lowest BCUT2D eigenvalue weighted by atomic mass is 10.0. The van der Waals surface area contributed by atoms with Gasteiger partial charge in [-0.15, -0.1) is 11.3 Å². The number of likely N-dealkylation sites (tertiary alicyclic amines) is 1. The largest absolute Gasteiger partial charge is 0.497 e. The van der Waals surface area contributed by atoms with E-state index in [2.05, 4.69) is 21.7 Å². The van der Waals surface area contributed by atoms with E-state index >= 15 is 0 Å². The summed E-state index contributed by atoms with van der Waals surface area (Å²) in [6.45, 7) is 3.56. The van der Waals surface area contributed by atoms with Crippen molar-refractivity contribution in [3.8, 4) is 5.75 Å². The quantitative estimate of drug-likeness (QED) is 0.852. The summed E-state index contributed by atoms with van der Waals surface area (Å²) in [6, 6.07) is 9.54. The third kappa shape index (κ3) is 3.84. The van der Waals surface area contributed by atoms with Gasteiger partial charge in [0.25, 0.3) is 5.91 Å². The molecule has 0 unspecified atom stereocenters. The Morgan fingerprint density at radius 2 is 2.15 bits per heavy atom. The van der Waals surface area contributed by atoms with Gasteiger partial charge in [-0.25, -0.2) is 0 Å². The number of benzene rings is 1. The van der Waals surface area contributed by atoms with Gasteiger partial charge in [0, 0.05) is 42.7 Å². The highest BCUT2D eigenvalue weighted by molar-refractivity contribution is 7.10. The summed E-state index contributed by atoms with van der Waals surface area (Å²) in [5.74, 6) is 0.325. The number of rotatable bonds is 5. The van der Waals surface area contributed by atoms with Crippen molar-refractivity contribution in [2.75, 3.05) is 33.3 Å². The van der Waals surface area contributed by atoms with Crippen LogP contribution in [0.2, 0.25) is 0 Å². The van der Waals surface area contributed by atoms with Crippen molar-refractivity contribution >= 4 is 23.2 Å². The number of carbonyl (C=O) groups excluding carboxylic acids is 2. The fourth-order valence-electron chi connectivity index (χ4n) is 3.61. The zero-order valence-corrected chi connectivity index (χ0v) is 16.1. The molecule has 0 bridgehead atoms. The molecule has 0 atom stereocenters. The topological polar surface area (TPSA) is 61.9 Å². The predicted molar refractivity (Wildman–Crippen MR) is 104 cm³/mol. The summed E-state index contributed by atoms with van der Waals surface area (Å²) >= 11 is 1.84. The Kier molecular flexibility index (Phi) is 5.13. The molecular formula is C20H23N3O3S. The van der Waals surface area contributed by atoms with Gasteiger partial charge in [0.15, 0.2) is 0 Å². The third-order valence-corrected chi connectivity index (χ3v) is 6.32. The van der Waals surface area contributed by atoms with E-state index in [-0.39, 0.29) is 18.4 Å². The maximum Gasteiger partial charge on any atom is 0.251 e. The molecule has 1 saturated heterocycles. The number of nitrogens with one attached hydrogen (secondary N) is 1. The van der Waals surface area contributed by atoms with Gasteiger partial charge in [-0.1, -0.05) is 6.07 Å². The molecule has 4 rings (SSSR count). The molecule has 0 saturated carbocycles. The number of carbonyl (C=O) groups is 2. The van der Waals surface area contributed by atoms with Gasteiger partial charge in [0.2, 0.25) is 5.91 Å². The Morgan fingerprint density at radius 1 is 1.30 bits per heavy atom. The van der Waals surface area contributed by atoms with Crippen LogP contribution in [0.25, 0.3) is 0 Å². The van der Waals surface area contributed by atoms with E-state index in [1.807, 2.05) is 16.2 Å². The monoisotopic (exact) mass is 385 g/mol. The van der Waals surface area contributed by atoms with Crippen molar-refractivity contribution in [3.05, 3.63) is 51.7 Å². The first-order valence-corrected chi connectivity index (χ1v) is 10.0. The SMILES string of the molecule is COc1cccc(C(=O)NCC(=O)N2CC(N3CCc4sccc4C3)C2)c1. The number of thiophene rings is 1. The molecule has 7 heteroatoms. The van der Waals surface area contributed by atoms with Crippen LogP contribution in [-0.2, 0) is 17.8 Å². The molecular weight excluding hydrogens is 362 g/mol. The lowest BCUT2D eigenvalue weighted by molar-refractivity contribution is -0.137. The van der Waals surface area contributed by atoms with Crippen LogP contribution in [-0.4, -0.2) is 60.9 Å². The van der Waals surface area contributed by atoms with E-state index in [1.54, 1.807) is 31.4 Å². The van der Waals surface area contributed by atoms with E-state index in [1.165, 1.54) is 10.4 Å². The zero-order valence-electron chi connectivity index (χ0n) is 15.3. The van der Waals surface area contributed by atoms with Gasteiger partial charge < -0.3 is 15.0 Å². The molecule has 1 fully saturated rings. The third-order valence-electron chi connectivity index (χ3n) is 5.30. The first-order valence-electron chi connectivity index (χ1n) is 9.13. The van der Waals surface area contributed by atoms with Crippen molar-refractivity contribution in [3.63, 3.8) is 0 Å². The Labute approximate surface area is 162 Å². The summed E-state index contributed by atoms with van der Waals surface area (Å²) in [5, 5.41) is 4.87. The normalized spacial score (nSPS) is 17.1. The summed E-state index contributed by atoms with van der Waals surface area (Å²) < 4.78 is 5.12. The molecule has 0 spiro atoms. The molecule has 1 aromatic carbocycles. The van der Waals surface area contributed by atoms with Crippen LogP contribution in [0.5, 0.6) is 5.75 Å². The highest BCUT2D eigenvalue weighted by Gasteiger charge is 2.36. The molecule has 27 heavy (non-hydrogen) atoms. The van der Waals surface area contributed by atoms with E-state index in [0.29, 0.717) is 17.4 Å². The van der Waals surface area contributed by atoms with Crippen LogP contribution in [0.15, 0.2) is 35.7 Å². The van der Waals surface area contributed by atoms with Gasteiger partial charge in [-0.05, 0) is 41.6 Å². The van der Waals surface area contributed by atoms with Crippen LogP contribution in [0, 0.1) is 0 Å². The first kappa shape index (κ1) is 18.0. The molecule has 2 amide bonds. The maximum atomic E-state index is 12.3. The van der Waals surface area contributed by atoms with Crippen molar-refractivity contribution < 1.29 is 14.3 Å². The second kappa shape index (κ2) is 7.70. The van der Waals surface area contributed by atoms with Gasteiger partial charge >= 0.3 is 0 Å². The van der Waals surface area contributed by atoms with Crippen molar-refractivity contribution in [1.82, 2.24) is 15.1 Å². The van der Waals surface area contributed by atoms with Crippen LogP contribution < -0.4 is 10.1 Å². The number of fused-ring (bicyclic) bond motifs is 1. The predicted octanol–water partition coefficient (Wildman–Crippen LogP) is 1.76. The minimum Gasteiger partial charge on any atom is -0.497 e. The number of hydrogen-bond acceptors (Lipinski definition) is 5. The number of methoxy groups -OCH3 is 1. The van der Waals surface area contributed by atoms with Gasteiger partial charge in [0.1, 0.15) is 5.75 Å². The average Bonchev–Trinajstić information content (AvgIpc) is 3.13. The average molecular weight is 385 g/mol. The zero-order chi connectivity index (χ0) is 18.8. The first-order chi connectivity index (χ1) is 13.1. The highest BCUT2D eigenvalue weighted by Crippen LogP contribution is 2.27. The second-order valence-electron chi connectivity index (χ2n) is 6.96. The van der Waals surface area contributed by atoms with Crippen LogP contribution >= 0.6 is 11.3 Å². The van der Waals surface area contributed by atoms with Crippen molar-refractivity contribution in [2.24, 2.45) is 0 Å². The molecule has 142 valence electrons. The Morgan fingerprint density at radius 3 is 2.96 bits per heavy atom. The molecule has 6 nitrogen and oxygen atoms in total. The Bertz CT molecular complexity index is 845. The van der Waals surface area contributed by atoms with Crippen LogP contribution in [0.4, 0.5) is 0 Å².